The van der Waals surface area contributed by atoms with Crippen molar-refractivity contribution in [3.05, 3.63) is 23.3 Å². The Balaban J connectivity index is 2.35. The van der Waals surface area contributed by atoms with Gasteiger partial charge >= 0.3 is 0 Å². The molecule has 0 radical (unpaired) electrons. The first-order valence-electron chi connectivity index (χ1n) is 6.86. The standard InChI is InChI=1S/C15H22O4/c1-19-15-8-10(4-3-7-16)12(9-14(15)18)11-5-2-6-13(11)17/h8-9,11,13,16-18H,2-7H2,1H3/t11-,13+/m1/s1. The molecule has 1 saturated carbocycles. The highest BCUT2D eigenvalue weighted by Crippen LogP contribution is 2.40. The van der Waals surface area contributed by atoms with Crippen LogP contribution in [0.15, 0.2) is 12.1 Å². The topological polar surface area (TPSA) is 69.9 Å². The lowest BCUT2D eigenvalue weighted by molar-refractivity contribution is 0.163. The molecule has 2 atom stereocenters. The van der Waals surface area contributed by atoms with Gasteiger partial charge in [0.25, 0.3) is 0 Å². The van der Waals surface area contributed by atoms with Gasteiger partial charge in [-0.05, 0) is 48.9 Å². The third kappa shape index (κ3) is 3.01. The van der Waals surface area contributed by atoms with E-state index in [2.05, 4.69) is 0 Å². The summed E-state index contributed by atoms with van der Waals surface area (Å²) in [5.41, 5.74) is 2.05. The summed E-state index contributed by atoms with van der Waals surface area (Å²) in [6, 6.07) is 3.54. The summed E-state index contributed by atoms with van der Waals surface area (Å²) in [5, 5.41) is 29.0. The number of hydrogen-bond acceptors (Lipinski definition) is 4. The maximum absolute atomic E-state index is 10.0. The number of rotatable bonds is 5. The molecular weight excluding hydrogens is 244 g/mol. The van der Waals surface area contributed by atoms with Crippen LogP contribution in [0.1, 0.15) is 42.7 Å². The zero-order valence-electron chi connectivity index (χ0n) is 11.3. The molecule has 0 aromatic heterocycles. The number of phenols is 1. The van der Waals surface area contributed by atoms with E-state index in [-0.39, 0.29) is 24.4 Å². The molecule has 1 aromatic rings. The van der Waals surface area contributed by atoms with Gasteiger partial charge in [-0.3, -0.25) is 0 Å². The first-order valence-corrected chi connectivity index (χ1v) is 6.86. The maximum atomic E-state index is 10.0. The molecule has 106 valence electrons. The van der Waals surface area contributed by atoms with Crippen molar-refractivity contribution in [2.45, 2.75) is 44.1 Å². The van der Waals surface area contributed by atoms with Gasteiger partial charge in [-0.2, -0.15) is 0 Å². The minimum Gasteiger partial charge on any atom is -0.504 e. The summed E-state index contributed by atoms with van der Waals surface area (Å²) >= 11 is 0. The lowest BCUT2D eigenvalue weighted by atomic mass is 9.89. The van der Waals surface area contributed by atoms with E-state index in [1.807, 2.05) is 6.07 Å². The zero-order chi connectivity index (χ0) is 13.8. The summed E-state index contributed by atoms with van der Waals surface area (Å²) in [6.45, 7) is 0.135. The van der Waals surface area contributed by atoms with Gasteiger partial charge in [0.15, 0.2) is 11.5 Å². The summed E-state index contributed by atoms with van der Waals surface area (Å²) in [6.07, 6.45) is 3.84. The predicted molar refractivity (Wildman–Crippen MR) is 72.7 cm³/mol. The lowest BCUT2D eigenvalue weighted by Crippen LogP contribution is -2.13. The van der Waals surface area contributed by atoms with Gasteiger partial charge < -0.3 is 20.1 Å². The van der Waals surface area contributed by atoms with Crippen LogP contribution in [0.25, 0.3) is 0 Å². The Labute approximate surface area is 113 Å². The normalized spacial score (nSPS) is 22.7. The largest absolute Gasteiger partial charge is 0.504 e. The van der Waals surface area contributed by atoms with E-state index in [0.717, 1.165) is 36.8 Å². The number of aryl methyl sites for hydroxylation is 1. The van der Waals surface area contributed by atoms with Crippen molar-refractivity contribution < 1.29 is 20.1 Å². The number of hydrogen-bond donors (Lipinski definition) is 3. The molecule has 1 aliphatic rings. The Morgan fingerprint density at radius 2 is 2.11 bits per heavy atom. The van der Waals surface area contributed by atoms with Crippen LogP contribution in [-0.4, -0.2) is 35.1 Å². The highest BCUT2D eigenvalue weighted by molar-refractivity contribution is 5.48. The van der Waals surface area contributed by atoms with Crippen LogP contribution in [0.3, 0.4) is 0 Å². The van der Waals surface area contributed by atoms with Crippen LogP contribution in [-0.2, 0) is 6.42 Å². The Morgan fingerprint density at radius 3 is 2.68 bits per heavy atom. The fraction of sp³-hybridized carbons (Fsp3) is 0.600. The first-order chi connectivity index (χ1) is 9.17. The molecule has 1 aromatic carbocycles. The highest BCUT2D eigenvalue weighted by Gasteiger charge is 2.29. The summed E-state index contributed by atoms with van der Waals surface area (Å²) in [5.74, 6) is 0.652. The smallest absolute Gasteiger partial charge is 0.160 e. The van der Waals surface area contributed by atoms with E-state index in [0.29, 0.717) is 12.2 Å². The average Bonchev–Trinajstić information content (AvgIpc) is 2.83. The maximum Gasteiger partial charge on any atom is 0.160 e. The van der Waals surface area contributed by atoms with E-state index in [9.17, 15) is 10.2 Å². The van der Waals surface area contributed by atoms with Crippen LogP contribution in [0.4, 0.5) is 0 Å². The second-order valence-corrected chi connectivity index (χ2v) is 5.15. The third-order valence-corrected chi connectivity index (χ3v) is 3.92. The van der Waals surface area contributed by atoms with Gasteiger partial charge in [-0.25, -0.2) is 0 Å². The quantitative estimate of drug-likeness (QED) is 0.762. The Bertz CT molecular complexity index is 430. The van der Waals surface area contributed by atoms with Crippen LogP contribution < -0.4 is 4.74 Å². The van der Waals surface area contributed by atoms with Gasteiger partial charge in [0.2, 0.25) is 0 Å². The Morgan fingerprint density at radius 1 is 1.32 bits per heavy atom. The van der Waals surface area contributed by atoms with Crippen LogP contribution >= 0.6 is 0 Å². The SMILES string of the molecule is COc1cc(CCCO)c([C@H]2CCC[C@@H]2O)cc1O. The van der Waals surface area contributed by atoms with Crippen molar-refractivity contribution >= 4 is 0 Å². The summed E-state index contributed by atoms with van der Waals surface area (Å²) in [7, 11) is 1.52. The number of benzene rings is 1. The van der Waals surface area contributed by atoms with E-state index in [1.165, 1.54) is 7.11 Å². The van der Waals surface area contributed by atoms with Crippen molar-refractivity contribution in [1.29, 1.82) is 0 Å². The van der Waals surface area contributed by atoms with Gasteiger partial charge in [-0.1, -0.05) is 6.42 Å². The number of phenolic OH excluding ortho intramolecular Hbond substituents is 1. The van der Waals surface area contributed by atoms with Crippen molar-refractivity contribution in [2.75, 3.05) is 13.7 Å². The minimum atomic E-state index is -0.333. The van der Waals surface area contributed by atoms with E-state index in [1.54, 1.807) is 6.07 Å². The molecule has 2 rings (SSSR count). The van der Waals surface area contributed by atoms with Gasteiger partial charge in [-0.15, -0.1) is 0 Å². The molecule has 1 fully saturated rings. The molecular formula is C15H22O4. The van der Waals surface area contributed by atoms with Gasteiger partial charge in [0.1, 0.15) is 0 Å². The fourth-order valence-electron chi connectivity index (χ4n) is 2.92. The molecule has 0 amide bonds. The number of aliphatic hydroxyl groups is 2. The van der Waals surface area contributed by atoms with Crippen molar-refractivity contribution in [1.82, 2.24) is 0 Å². The zero-order valence-corrected chi connectivity index (χ0v) is 11.3. The summed E-state index contributed by atoms with van der Waals surface area (Å²) in [4.78, 5) is 0. The lowest BCUT2D eigenvalue weighted by Gasteiger charge is -2.20. The van der Waals surface area contributed by atoms with E-state index in [4.69, 9.17) is 9.84 Å². The van der Waals surface area contributed by atoms with Crippen molar-refractivity contribution in [2.24, 2.45) is 0 Å². The highest BCUT2D eigenvalue weighted by atomic mass is 16.5. The average molecular weight is 266 g/mol. The molecule has 0 unspecified atom stereocenters. The summed E-state index contributed by atoms with van der Waals surface area (Å²) < 4.78 is 5.14. The van der Waals surface area contributed by atoms with Crippen LogP contribution in [0.2, 0.25) is 0 Å². The minimum absolute atomic E-state index is 0.0884. The number of ether oxygens (including phenoxy) is 1. The Hall–Kier alpha value is -1.26. The molecule has 19 heavy (non-hydrogen) atoms. The molecule has 0 aliphatic heterocycles. The first kappa shape index (κ1) is 14.2. The van der Waals surface area contributed by atoms with Crippen LogP contribution in [0.5, 0.6) is 11.5 Å². The predicted octanol–water partition coefficient (Wildman–Crippen LogP) is 1.95. The fourth-order valence-corrected chi connectivity index (χ4v) is 2.92. The molecule has 4 nitrogen and oxygen atoms in total. The number of methoxy groups -OCH3 is 1. The van der Waals surface area contributed by atoms with Gasteiger partial charge in [0.05, 0.1) is 13.2 Å². The second-order valence-electron chi connectivity index (χ2n) is 5.15. The molecule has 1 aliphatic carbocycles. The van der Waals surface area contributed by atoms with E-state index < -0.39 is 0 Å². The molecule has 3 N–H and O–H groups in total. The van der Waals surface area contributed by atoms with E-state index >= 15 is 0 Å². The molecule has 0 saturated heterocycles. The van der Waals surface area contributed by atoms with Crippen LogP contribution in [0, 0.1) is 0 Å². The third-order valence-electron chi connectivity index (χ3n) is 3.92. The second kappa shape index (κ2) is 6.26. The Kier molecular flexibility index (Phi) is 4.66. The van der Waals surface area contributed by atoms with Crippen molar-refractivity contribution in [3.8, 4) is 11.5 Å². The molecule has 0 spiro atoms. The van der Waals surface area contributed by atoms with Gasteiger partial charge in [0, 0.05) is 12.5 Å². The monoisotopic (exact) mass is 266 g/mol. The molecule has 0 bridgehead atoms. The van der Waals surface area contributed by atoms with Crippen molar-refractivity contribution in [3.63, 3.8) is 0 Å². The number of aromatic hydroxyl groups is 1. The number of aliphatic hydroxyl groups excluding tert-OH is 2. The molecule has 4 heteroatoms. The molecule has 0 heterocycles.